The zero-order chi connectivity index (χ0) is 42.6. The maximum absolute atomic E-state index is 6.70. The second kappa shape index (κ2) is 13.7. The summed E-state index contributed by atoms with van der Waals surface area (Å²) in [7, 11) is 0. The third-order valence-electron chi connectivity index (χ3n) is 12.9. The summed E-state index contributed by atoms with van der Waals surface area (Å²) < 4.78 is 13.7. The number of benzene rings is 6. The zero-order valence-corrected chi connectivity index (χ0v) is 34.6. The molecular formula is C56H34N8O. The van der Waals surface area contributed by atoms with Crippen LogP contribution in [-0.4, -0.2) is 33.6 Å². The van der Waals surface area contributed by atoms with Gasteiger partial charge in [-0.1, -0.05) is 109 Å². The van der Waals surface area contributed by atoms with Gasteiger partial charge < -0.3 is 13.9 Å². The third kappa shape index (κ3) is 5.03. The summed E-state index contributed by atoms with van der Waals surface area (Å²) in [5, 5.41) is 6.58. The number of aromatic nitrogens is 7. The van der Waals surface area contributed by atoms with E-state index in [2.05, 4.69) is 164 Å². The minimum Gasteiger partial charge on any atom is -0.453 e. The van der Waals surface area contributed by atoms with E-state index in [1.165, 1.54) is 0 Å². The number of ether oxygens (including phenoxy) is 1. The highest BCUT2D eigenvalue weighted by atomic mass is 16.5. The van der Waals surface area contributed by atoms with Gasteiger partial charge in [-0.25, -0.2) is 4.98 Å². The van der Waals surface area contributed by atoms with Crippen LogP contribution in [0, 0.1) is 0 Å². The largest absolute Gasteiger partial charge is 0.453 e. The molecule has 0 saturated heterocycles. The van der Waals surface area contributed by atoms with E-state index in [9.17, 15) is 0 Å². The molecule has 9 nitrogen and oxygen atoms in total. The van der Waals surface area contributed by atoms with Crippen molar-refractivity contribution in [3.05, 3.63) is 207 Å². The molecule has 0 aliphatic carbocycles. The lowest BCUT2D eigenvalue weighted by molar-refractivity contribution is 0.476. The lowest BCUT2D eigenvalue weighted by Gasteiger charge is -2.35. The fraction of sp³-hybridized carbons (Fsp3) is 0. The average molecular weight is 835 g/mol. The molecule has 1 aliphatic heterocycles. The van der Waals surface area contributed by atoms with Crippen molar-refractivity contribution in [3.8, 4) is 39.8 Å². The Morgan fingerprint density at radius 2 is 0.738 bits per heavy atom. The molecule has 304 valence electrons. The molecule has 6 aromatic carbocycles. The highest BCUT2D eigenvalue weighted by Gasteiger charge is 2.36. The fourth-order valence-corrected chi connectivity index (χ4v) is 10.3. The van der Waals surface area contributed by atoms with E-state index in [4.69, 9.17) is 24.7 Å². The Balaban J connectivity index is 1.30. The first kappa shape index (κ1) is 35.5. The van der Waals surface area contributed by atoms with Crippen molar-refractivity contribution in [2.75, 3.05) is 4.90 Å². The summed E-state index contributed by atoms with van der Waals surface area (Å²) in [6.07, 6.45) is 11.5. The summed E-state index contributed by atoms with van der Waals surface area (Å²) in [5.74, 6) is 2.87. The summed E-state index contributed by atoms with van der Waals surface area (Å²) in [6, 6.07) is 59.3. The van der Waals surface area contributed by atoms with E-state index in [-0.39, 0.29) is 0 Å². The molecule has 65 heavy (non-hydrogen) atoms. The molecule has 14 rings (SSSR count). The van der Waals surface area contributed by atoms with Crippen molar-refractivity contribution in [1.82, 2.24) is 33.6 Å². The van der Waals surface area contributed by atoms with Gasteiger partial charge in [0.05, 0.1) is 63.1 Å². The van der Waals surface area contributed by atoms with Gasteiger partial charge in [-0.3, -0.25) is 24.4 Å². The summed E-state index contributed by atoms with van der Waals surface area (Å²) in [6.45, 7) is 0. The average Bonchev–Trinajstić information content (AvgIpc) is 4.01. The fourth-order valence-electron chi connectivity index (χ4n) is 10.3. The normalized spacial score (nSPS) is 12.4. The number of hydrogen-bond donors (Lipinski definition) is 0. The van der Waals surface area contributed by atoms with Crippen LogP contribution in [0.3, 0.4) is 0 Å². The highest BCUT2D eigenvalue weighted by molar-refractivity contribution is 6.14. The smallest absolute Gasteiger partial charge is 0.165 e. The zero-order valence-electron chi connectivity index (χ0n) is 34.6. The molecule has 13 aromatic rings. The molecule has 9 heteroatoms. The number of nitrogens with zero attached hydrogens (tertiary/aromatic N) is 8. The summed E-state index contributed by atoms with van der Waals surface area (Å²) in [4.78, 5) is 22.8. The summed E-state index contributed by atoms with van der Waals surface area (Å²) in [5.41, 5.74) is 11.3. The Morgan fingerprint density at radius 3 is 1.26 bits per heavy atom. The van der Waals surface area contributed by atoms with Gasteiger partial charge >= 0.3 is 0 Å². The van der Waals surface area contributed by atoms with Crippen LogP contribution in [0.15, 0.2) is 207 Å². The van der Waals surface area contributed by atoms with Crippen LogP contribution in [0.25, 0.3) is 93.7 Å². The van der Waals surface area contributed by atoms with Crippen molar-refractivity contribution in [2.45, 2.75) is 0 Å². The molecule has 8 heterocycles. The number of anilines is 3. The number of rotatable bonds is 5. The van der Waals surface area contributed by atoms with Gasteiger partial charge in [0, 0.05) is 56.5 Å². The minimum absolute atomic E-state index is 0.700. The third-order valence-corrected chi connectivity index (χ3v) is 12.9. The Morgan fingerprint density at radius 1 is 0.338 bits per heavy atom. The van der Waals surface area contributed by atoms with Crippen LogP contribution < -0.4 is 9.64 Å². The topological polar surface area (TPSA) is 78.8 Å². The molecule has 0 spiro atoms. The Labute approximate surface area is 371 Å². The maximum Gasteiger partial charge on any atom is 0.165 e. The predicted octanol–water partition coefficient (Wildman–Crippen LogP) is 13.8. The molecule has 0 amide bonds. The van der Waals surface area contributed by atoms with Crippen molar-refractivity contribution < 1.29 is 4.74 Å². The maximum atomic E-state index is 6.70. The van der Waals surface area contributed by atoms with E-state index in [1.54, 1.807) is 0 Å². The molecule has 0 unspecified atom stereocenters. The molecule has 0 radical (unpaired) electrons. The van der Waals surface area contributed by atoms with E-state index in [0.29, 0.717) is 11.6 Å². The van der Waals surface area contributed by atoms with Gasteiger partial charge in [-0.05, 0) is 66.2 Å². The van der Waals surface area contributed by atoms with Crippen molar-refractivity contribution in [2.24, 2.45) is 0 Å². The highest BCUT2D eigenvalue weighted by Crippen LogP contribution is 2.55. The molecule has 0 N–H and O–H groups in total. The van der Waals surface area contributed by atoms with Gasteiger partial charge in [0.1, 0.15) is 11.4 Å². The van der Waals surface area contributed by atoms with Crippen LogP contribution >= 0.6 is 0 Å². The van der Waals surface area contributed by atoms with Crippen LogP contribution in [-0.2, 0) is 0 Å². The van der Waals surface area contributed by atoms with E-state index >= 15 is 0 Å². The molecule has 0 bridgehead atoms. The first-order valence-electron chi connectivity index (χ1n) is 21.6. The van der Waals surface area contributed by atoms with E-state index in [0.717, 1.165) is 111 Å². The van der Waals surface area contributed by atoms with Crippen LogP contribution in [0.1, 0.15) is 0 Å². The first-order valence-corrected chi connectivity index (χ1v) is 21.6. The quantitative estimate of drug-likeness (QED) is 0.172. The van der Waals surface area contributed by atoms with Gasteiger partial charge in [-0.2, -0.15) is 0 Å². The summed E-state index contributed by atoms with van der Waals surface area (Å²) >= 11 is 0. The molecular weight excluding hydrogens is 801 g/mol. The number of pyridine rings is 4. The van der Waals surface area contributed by atoms with Crippen LogP contribution in [0.5, 0.6) is 11.5 Å². The lowest BCUT2D eigenvalue weighted by atomic mass is 9.99. The molecule has 0 saturated carbocycles. The molecule has 0 fully saturated rings. The predicted molar refractivity (Wildman–Crippen MR) is 261 cm³/mol. The first-order chi connectivity index (χ1) is 32.3. The van der Waals surface area contributed by atoms with Gasteiger partial charge in [0.2, 0.25) is 0 Å². The van der Waals surface area contributed by atoms with Gasteiger partial charge in [0.15, 0.2) is 23.1 Å². The Kier molecular flexibility index (Phi) is 7.49. The standard InChI is InChI=1S/C56H34N8O/c1-2-14-35(15-3-1)52-53(61-42-19-7-4-16-36(42)39-26-29-57-32-47(39)61)55(63-44-21-9-6-18-38(44)41-28-31-59-34-49(41)63)60-56(64-45-22-10-12-24-50(45)65-51-25-13-11-23-46(51)64)54(52)62-43-20-8-5-17-37(43)40-27-30-58-33-48(40)62/h1-34H. The Hall–Kier alpha value is -9.08. The Bertz CT molecular complexity index is 3870. The van der Waals surface area contributed by atoms with Gasteiger partial charge in [-0.15, -0.1) is 0 Å². The van der Waals surface area contributed by atoms with Crippen molar-refractivity contribution >= 4 is 82.6 Å². The van der Waals surface area contributed by atoms with Crippen molar-refractivity contribution in [3.63, 3.8) is 0 Å². The van der Waals surface area contributed by atoms with Crippen LogP contribution in [0.4, 0.5) is 17.2 Å². The molecule has 1 aliphatic rings. The van der Waals surface area contributed by atoms with E-state index in [1.807, 2.05) is 61.4 Å². The number of fused-ring (bicyclic) bond motifs is 11. The number of hydrogen-bond acceptors (Lipinski definition) is 6. The molecule has 0 atom stereocenters. The monoisotopic (exact) mass is 834 g/mol. The second-order valence-corrected chi connectivity index (χ2v) is 16.3. The lowest BCUT2D eigenvalue weighted by Crippen LogP contribution is -2.22. The van der Waals surface area contributed by atoms with E-state index < -0.39 is 0 Å². The number of para-hydroxylation sites is 7. The molecule has 7 aromatic heterocycles. The minimum atomic E-state index is 0.700. The second-order valence-electron chi connectivity index (χ2n) is 16.3. The van der Waals surface area contributed by atoms with Crippen LogP contribution in [0.2, 0.25) is 0 Å². The van der Waals surface area contributed by atoms with Crippen molar-refractivity contribution in [1.29, 1.82) is 0 Å². The van der Waals surface area contributed by atoms with Gasteiger partial charge in [0.25, 0.3) is 0 Å². The SMILES string of the molecule is c1ccc(-c2c(-n3c4ccccc4c4ccncc43)c(N3c4ccccc4Oc4ccccc43)nc(-n3c4ccccc4c4ccncc43)c2-n2c3ccccc3c3ccncc32)cc1.